The van der Waals surface area contributed by atoms with Gasteiger partial charge in [0.1, 0.15) is 5.72 Å². The van der Waals surface area contributed by atoms with Crippen molar-refractivity contribution < 1.29 is 9.47 Å². The molecule has 0 aromatic carbocycles. The maximum absolute atomic E-state index is 6.69. The molecule has 1 saturated heterocycles. The summed E-state index contributed by atoms with van der Waals surface area (Å²) in [4.78, 5) is 0. The summed E-state index contributed by atoms with van der Waals surface area (Å²) in [6.45, 7) is 2.08. The van der Waals surface area contributed by atoms with E-state index in [1.165, 1.54) is 12.8 Å². The zero-order chi connectivity index (χ0) is 15.6. The molecule has 1 aliphatic heterocycles. The Hall–Kier alpha value is -0.800. The lowest BCUT2D eigenvalue weighted by Crippen LogP contribution is -2.80. The van der Waals surface area contributed by atoms with Crippen LogP contribution in [0.15, 0.2) is 24.0 Å². The quantitative estimate of drug-likeness (QED) is 0.862. The predicted octanol–water partition coefficient (Wildman–Crippen LogP) is 2.80. The average Bonchev–Trinajstić information content (AvgIpc) is 2.98. The average molecular weight is 325 g/mol. The second kappa shape index (κ2) is 4.12. The predicted molar refractivity (Wildman–Crippen MR) is 89.7 cm³/mol. The van der Waals surface area contributed by atoms with Gasteiger partial charge in [-0.25, -0.2) is 0 Å². The Morgan fingerprint density at radius 1 is 1.12 bits per heavy atom. The fourth-order valence-electron chi connectivity index (χ4n) is 8.90. The number of hydrogen-bond acceptors (Lipinski definition) is 3. The summed E-state index contributed by atoms with van der Waals surface area (Å²) in [5.41, 5.74) is 0.0549. The Balaban J connectivity index is 1.16. The van der Waals surface area contributed by atoms with Crippen molar-refractivity contribution in [3.63, 3.8) is 0 Å². The van der Waals surface area contributed by atoms with Gasteiger partial charge in [0, 0.05) is 24.8 Å². The molecule has 6 fully saturated rings. The Kier molecular flexibility index (Phi) is 2.30. The van der Waals surface area contributed by atoms with Gasteiger partial charge in [-0.15, -0.1) is 0 Å². The van der Waals surface area contributed by atoms with Crippen molar-refractivity contribution in [3.8, 4) is 0 Å². The van der Waals surface area contributed by atoms with E-state index in [2.05, 4.69) is 23.5 Å². The highest BCUT2D eigenvalue weighted by atomic mass is 16.5. The second-order valence-corrected chi connectivity index (χ2v) is 9.60. The van der Waals surface area contributed by atoms with E-state index in [1.54, 1.807) is 7.11 Å². The summed E-state index contributed by atoms with van der Waals surface area (Å²) in [6.07, 6.45) is 10.6. The van der Waals surface area contributed by atoms with Gasteiger partial charge in [0.15, 0.2) is 0 Å². The Morgan fingerprint density at radius 2 is 2.00 bits per heavy atom. The molecule has 7 aliphatic rings. The fraction of sp³-hybridized carbons (Fsp3) is 0.810. The number of fused-ring (bicyclic) bond motifs is 3. The molecule has 11 unspecified atom stereocenters. The normalized spacial score (nSPS) is 63.0. The van der Waals surface area contributed by atoms with Gasteiger partial charge in [0.05, 0.1) is 19.5 Å². The van der Waals surface area contributed by atoms with Gasteiger partial charge in [-0.2, -0.15) is 0 Å². The van der Waals surface area contributed by atoms with E-state index in [0.29, 0.717) is 5.92 Å². The van der Waals surface area contributed by atoms with E-state index in [1.807, 2.05) is 0 Å². The number of allylic oxidation sites excluding steroid dienone is 3. The number of ether oxygens (including phenoxy) is 2. The molecule has 1 heterocycles. The molecule has 7 rings (SSSR count). The van der Waals surface area contributed by atoms with Gasteiger partial charge in [-0.05, 0) is 66.3 Å². The van der Waals surface area contributed by atoms with Crippen LogP contribution in [0.5, 0.6) is 0 Å². The van der Waals surface area contributed by atoms with Crippen LogP contribution in [-0.4, -0.2) is 26.0 Å². The van der Waals surface area contributed by atoms with Crippen LogP contribution in [0.2, 0.25) is 0 Å². The first-order valence-electron chi connectivity index (χ1n) is 10.1. The highest BCUT2D eigenvalue weighted by molar-refractivity contribution is 5.34. The van der Waals surface area contributed by atoms with Crippen molar-refractivity contribution in [2.75, 3.05) is 20.3 Å². The lowest BCUT2D eigenvalue weighted by molar-refractivity contribution is -0.339. The molecule has 5 saturated carbocycles. The van der Waals surface area contributed by atoms with E-state index in [9.17, 15) is 0 Å². The molecular formula is C21H27NO2. The lowest BCUT2D eigenvalue weighted by atomic mass is 9.39. The second-order valence-electron chi connectivity index (χ2n) is 9.60. The van der Waals surface area contributed by atoms with E-state index in [-0.39, 0.29) is 5.72 Å². The number of nitrogens with one attached hydrogen (secondary N) is 1. The molecule has 0 aromatic rings. The first kappa shape index (κ1) is 13.4. The number of rotatable bonds is 4. The SMILES string of the molecule is COC1=CC=CC(CNC23OCC4C5CCC6C7C5C4C2C7C63)C1. The van der Waals surface area contributed by atoms with Gasteiger partial charge in [0.2, 0.25) is 0 Å². The zero-order valence-corrected chi connectivity index (χ0v) is 14.4. The van der Waals surface area contributed by atoms with Crippen LogP contribution in [0.1, 0.15) is 19.3 Å². The van der Waals surface area contributed by atoms with Gasteiger partial charge in [-0.1, -0.05) is 12.2 Å². The highest BCUT2D eigenvalue weighted by Crippen LogP contribution is 2.86. The minimum atomic E-state index is 0.0549. The molecule has 0 spiro atoms. The maximum atomic E-state index is 6.69. The van der Waals surface area contributed by atoms with Crippen molar-refractivity contribution in [2.45, 2.75) is 25.0 Å². The maximum Gasteiger partial charge on any atom is 0.126 e. The molecule has 6 aliphatic carbocycles. The minimum absolute atomic E-state index is 0.0549. The van der Waals surface area contributed by atoms with Crippen LogP contribution in [0, 0.1) is 59.2 Å². The molecule has 3 nitrogen and oxygen atoms in total. The molecular weight excluding hydrogens is 298 g/mol. The fourth-order valence-corrected chi connectivity index (χ4v) is 8.90. The summed E-state index contributed by atoms with van der Waals surface area (Å²) in [7, 11) is 1.79. The zero-order valence-electron chi connectivity index (χ0n) is 14.4. The Bertz CT molecular complexity index is 665. The third-order valence-corrected chi connectivity index (χ3v) is 9.44. The van der Waals surface area contributed by atoms with E-state index in [4.69, 9.17) is 9.47 Å². The van der Waals surface area contributed by atoms with Crippen molar-refractivity contribution in [1.29, 1.82) is 0 Å². The molecule has 0 amide bonds. The summed E-state index contributed by atoms with van der Waals surface area (Å²) < 4.78 is 12.1. The summed E-state index contributed by atoms with van der Waals surface area (Å²) in [6, 6.07) is 0. The molecule has 24 heavy (non-hydrogen) atoms. The number of methoxy groups -OCH3 is 1. The third-order valence-electron chi connectivity index (χ3n) is 9.44. The van der Waals surface area contributed by atoms with Gasteiger partial charge in [0.25, 0.3) is 0 Å². The monoisotopic (exact) mass is 325 g/mol. The van der Waals surface area contributed by atoms with Crippen LogP contribution in [0.4, 0.5) is 0 Å². The number of hydrogen-bond donors (Lipinski definition) is 1. The van der Waals surface area contributed by atoms with Crippen LogP contribution in [0.3, 0.4) is 0 Å². The Morgan fingerprint density at radius 3 is 2.92 bits per heavy atom. The minimum Gasteiger partial charge on any atom is -0.501 e. The van der Waals surface area contributed by atoms with Crippen LogP contribution in [-0.2, 0) is 9.47 Å². The summed E-state index contributed by atoms with van der Waals surface area (Å²) >= 11 is 0. The van der Waals surface area contributed by atoms with E-state index < -0.39 is 0 Å². The van der Waals surface area contributed by atoms with E-state index in [0.717, 1.165) is 78.6 Å². The molecule has 1 N–H and O–H groups in total. The molecule has 0 aromatic heterocycles. The molecule has 0 bridgehead atoms. The first-order valence-corrected chi connectivity index (χ1v) is 10.1. The van der Waals surface area contributed by atoms with Crippen molar-refractivity contribution >= 4 is 0 Å². The topological polar surface area (TPSA) is 30.5 Å². The van der Waals surface area contributed by atoms with Gasteiger partial charge in [-0.3, -0.25) is 5.32 Å². The van der Waals surface area contributed by atoms with Crippen LogP contribution < -0.4 is 5.32 Å². The van der Waals surface area contributed by atoms with Gasteiger partial charge < -0.3 is 9.47 Å². The summed E-state index contributed by atoms with van der Waals surface area (Å²) in [5, 5.41) is 4.01. The van der Waals surface area contributed by atoms with Crippen LogP contribution in [0.25, 0.3) is 0 Å². The molecule has 128 valence electrons. The van der Waals surface area contributed by atoms with Crippen molar-refractivity contribution in [3.05, 3.63) is 24.0 Å². The standard InChI is InChI=1S/C21H27NO2/c1-23-11-4-2-3-10(7-11)8-22-21-19-13-6-5-12-14(9-24-21)17-15(12)16(13)18(19)20(17)21/h2-4,10,12-20,22H,5-9H2,1H3. The van der Waals surface area contributed by atoms with Crippen molar-refractivity contribution in [1.82, 2.24) is 5.32 Å². The first-order chi connectivity index (χ1) is 11.8. The largest absolute Gasteiger partial charge is 0.501 e. The third kappa shape index (κ3) is 1.22. The molecule has 11 atom stereocenters. The molecule has 3 heteroatoms. The lowest BCUT2D eigenvalue weighted by Gasteiger charge is -2.71. The smallest absolute Gasteiger partial charge is 0.126 e. The highest BCUT2D eigenvalue weighted by Gasteiger charge is 2.88. The van der Waals surface area contributed by atoms with Gasteiger partial charge >= 0.3 is 0 Å². The molecule has 0 radical (unpaired) electrons. The van der Waals surface area contributed by atoms with Crippen molar-refractivity contribution in [2.24, 2.45) is 59.2 Å². The summed E-state index contributed by atoms with van der Waals surface area (Å²) in [5.74, 6) is 10.5. The van der Waals surface area contributed by atoms with E-state index >= 15 is 0 Å². The van der Waals surface area contributed by atoms with Crippen LogP contribution >= 0.6 is 0 Å². The Labute approximate surface area is 143 Å².